The maximum Gasteiger partial charge on any atom is 1.00 e. The number of hydrogen-bond acceptors (Lipinski definition) is 7. The summed E-state index contributed by atoms with van der Waals surface area (Å²) in [6.07, 6.45) is 0. The van der Waals surface area contributed by atoms with Crippen molar-refractivity contribution in [1.29, 1.82) is 0 Å². The topological polar surface area (TPSA) is 143 Å². The maximum absolute atomic E-state index is 10.7. The van der Waals surface area contributed by atoms with Gasteiger partial charge in [-0.25, -0.2) is 8.42 Å². The van der Waals surface area contributed by atoms with Crippen LogP contribution in [0.1, 0.15) is 0 Å². The molecule has 0 aliphatic rings. The summed E-state index contributed by atoms with van der Waals surface area (Å²) < 4.78 is 32.2. The number of halogens is 1. The van der Waals surface area contributed by atoms with Gasteiger partial charge in [0.05, 0.1) is 20.9 Å². The first-order chi connectivity index (χ1) is 7.64. The van der Waals surface area contributed by atoms with Gasteiger partial charge >= 0.3 is 18.9 Å². The van der Waals surface area contributed by atoms with Crippen molar-refractivity contribution >= 4 is 33.1 Å². The van der Waals surface area contributed by atoms with E-state index in [1.165, 1.54) is 0 Å². The van der Waals surface area contributed by atoms with Crippen molar-refractivity contribution in [2.24, 2.45) is 0 Å². The van der Waals surface area contributed by atoms with Gasteiger partial charge in [-0.1, -0.05) is 11.6 Å². The minimum atomic E-state index is -5.20. The van der Waals surface area contributed by atoms with Crippen LogP contribution in [0.5, 0.6) is 0 Å². The Labute approximate surface area is 117 Å². The average Bonchev–Trinajstić information content (AvgIpc) is 2.13. The Hall–Kier alpha value is -1.18. The largest absolute Gasteiger partial charge is 1.00 e. The Morgan fingerprint density at radius 3 is 1.94 bits per heavy atom. The third-order valence-corrected chi connectivity index (χ3v) is 3.01. The van der Waals surface area contributed by atoms with E-state index in [4.69, 9.17) is 11.6 Å². The van der Waals surface area contributed by atoms with Crippen LogP contribution in [0, 0.1) is 20.2 Å². The van der Waals surface area contributed by atoms with Gasteiger partial charge in [-0.3, -0.25) is 20.2 Å². The van der Waals surface area contributed by atoms with Gasteiger partial charge < -0.3 is 4.55 Å². The summed E-state index contributed by atoms with van der Waals surface area (Å²) in [4.78, 5) is 17.4. The van der Waals surface area contributed by atoms with Crippen LogP contribution in [0.3, 0.4) is 0 Å². The van der Waals surface area contributed by atoms with Crippen molar-refractivity contribution in [3.8, 4) is 0 Å². The number of nitro groups is 2. The van der Waals surface area contributed by atoms with Gasteiger partial charge in [0.1, 0.15) is 10.1 Å². The summed E-state index contributed by atoms with van der Waals surface area (Å²) in [6, 6.07) is 0.913. The van der Waals surface area contributed by atoms with E-state index in [-0.39, 0.29) is 18.9 Å². The SMILES string of the molecule is O=[N+]([O-])c1cc(Cl)c(S(=O)(=O)[O-])c([N+](=O)[O-])c1.[Li+]. The molecular weight excluding hydrogens is 287 g/mol. The number of hydrogen-bond donors (Lipinski definition) is 0. The predicted octanol–water partition coefficient (Wildman–Crippen LogP) is -1.94. The zero-order valence-electron chi connectivity index (χ0n) is 8.69. The van der Waals surface area contributed by atoms with E-state index in [1.807, 2.05) is 0 Å². The quantitative estimate of drug-likeness (QED) is 0.272. The van der Waals surface area contributed by atoms with Gasteiger partial charge in [0.25, 0.3) is 11.4 Å². The monoisotopic (exact) mass is 288 g/mol. The molecule has 9 nitrogen and oxygen atoms in total. The molecule has 92 valence electrons. The molecule has 0 bridgehead atoms. The molecule has 18 heavy (non-hydrogen) atoms. The molecule has 1 aromatic rings. The zero-order chi connectivity index (χ0) is 13.4. The summed E-state index contributed by atoms with van der Waals surface area (Å²) in [5.74, 6) is 0. The normalized spacial score (nSPS) is 10.6. The Balaban J connectivity index is 0.00000289. The fraction of sp³-hybridized carbons (Fsp3) is 0. The Bertz CT molecular complexity index is 617. The van der Waals surface area contributed by atoms with E-state index in [0.717, 1.165) is 0 Å². The van der Waals surface area contributed by atoms with Gasteiger partial charge in [-0.05, 0) is 0 Å². The summed E-state index contributed by atoms with van der Waals surface area (Å²) in [5.41, 5.74) is -2.01. The molecule has 0 amide bonds. The van der Waals surface area contributed by atoms with E-state index < -0.39 is 41.3 Å². The molecule has 0 spiro atoms. The van der Waals surface area contributed by atoms with E-state index >= 15 is 0 Å². The Kier molecular flexibility index (Phi) is 5.27. The summed E-state index contributed by atoms with van der Waals surface area (Å²) >= 11 is 5.32. The van der Waals surface area contributed by atoms with Crippen LogP contribution in [-0.2, 0) is 10.1 Å². The second kappa shape index (κ2) is 5.64. The molecule has 0 saturated carbocycles. The third kappa shape index (κ3) is 3.41. The van der Waals surface area contributed by atoms with Crippen molar-refractivity contribution in [2.75, 3.05) is 0 Å². The summed E-state index contributed by atoms with van der Waals surface area (Å²) in [5, 5.41) is 20.0. The van der Waals surface area contributed by atoms with E-state index in [2.05, 4.69) is 0 Å². The molecule has 0 unspecified atom stereocenters. The molecule has 0 radical (unpaired) electrons. The van der Waals surface area contributed by atoms with Crippen molar-refractivity contribution in [3.05, 3.63) is 37.4 Å². The van der Waals surface area contributed by atoms with Crippen LogP contribution in [0.15, 0.2) is 17.0 Å². The van der Waals surface area contributed by atoms with Crippen LogP contribution in [-0.4, -0.2) is 22.8 Å². The summed E-state index contributed by atoms with van der Waals surface area (Å²) in [6.45, 7) is 0. The predicted molar refractivity (Wildman–Crippen MR) is 52.7 cm³/mol. The van der Waals surface area contributed by atoms with Crippen molar-refractivity contribution in [3.63, 3.8) is 0 Å². The van der Waals surface area contributed by atoms with Crippen molar-refractivity contribution in [2.45, 2.75) is 4.90 Å². The first kappa shape index (κ1) is 16.8. The number of non-ortho nitro benzene ring substituents is 1. The molecule has 1 rings (SSSR count). The minimum Gasteiger partial charge on any atom is -0.744 e. The molecule has 12 heteroatoms. The molecule has 0 aliphatic carbocycles. The van der Waals surface area contributed by atoms with Crippen LogP contribution < -0.4 is 18.9 Å². The first-order valence-electron chi connectivity index (χ1n) is 3.73. The fourth-order valence-electron chi connectivity index (χ4n) is 1.05. The van der Waals surface area contributed by atoms with E-state index in [0.29, 0.717) is 12.1 Å². The van der Waals surface area contributed by atoms with Gasteiger partial charge in [-0.2, -0.15) is 0 Å². The first-order valence-corrected chi connectivity index (χ1v) is 5.51. The minimum absolute atomic E-state index is 0. The number of rotatable bonds is 3. The standard InChI is InChI=1S/C6H3ClN2O7S.Li/c7-4-1-3(8(10)11)2-5(9(12)13)6(4)17(14,15)16;/h1-2H,(H,14,15,16);/q;+1/p-1. The second-order valence-electron chi connectivity index (χ2n) is 2.74. The molecule has 0 N–H and O–H groups in total. The molecule has 0 heterocycles. The second-order valence-corrected chi connectivity index (χ2v) is 4.47. The van der Waals surface area contributed by atoms with Crippen molar-refractivity contribution < 1.29 is 41.7 Å². The molecule has 0 aliphatic heterocycles. The molecule has 0 aromatic heterocycles. The molecular formula is C6H2ClLiN2O7S. The summed E-state index contributed by atoms with van der Waals surface area (Å²) in [7, 11) is -5.20. The van der Waals surface area contributed by atoms with Gasteiger partial charge in [0.2, 0.25) is 0 Å². The number of nitro benzene ring substituents is 2. The van der Waals surface area contributed by atoms with Gasteiger partial charge in [0, 0.05) is 6.07 Å². The molecule has 1 aromatic carbocycles. The van der Waals surface area contributed by atoms with Crippen LogP contribution >= 0.6 is 11.6 Å². The smallest absolute Gasteiger partial charge is 0.744 e. The van der Waals surface area contributed by atoms with Crippen LogP contribution in [0.25, 0.3) is 0 Å². The van der Waals surface area contributed by atoms with E-state index in [1.54, 1.807) is 0 Å². The Morgan fingerprint density at radius 2 is 1.61 bits per heavy atom. The van der Waals surface area contributed by atoms with E-state index in [9.17, 15) is 33.2 Å². The molecule has 0 atom stereocenters. The molecule has 0 fully saturated rings. The number of nitrogens with zero attached hydrogens (tertiary/aromatic N) is 2. The third-order valence-electron chi connectivity index (χ3n) is 1.67. The number of benzene rings is 1. The van der Waals surface area contributed by atoms with Crippen LogP contribution in [0.4, 0.5) is 11.4 Å². The fourth-order valence-corrected chi connectivity index (χ4v) is 2.23. The van der Waals surface area contributed by atoms with Crippen LogP contribution in [0.2, 0.25) is 5.02 Å². The van der Waals surface area contributed by atoms with Gasteiger partial charge in [0.15, 0.2) is 4.90 Å². The average molecular weight is 289 g/mol. The maximum atomic E-state index is 10.7. The van der Waals surface area contributed by atoms with Crippen molar-refractivity contribution in [1.82, 2.24) is 0 Å². The Morgan fingerprint density at radius 1 is 1.11 bits per heavy atom. The van der Waals surface area contributed by atoms with Gasteiger partial charge in [-0.15, -0.1) is 0 Å². The molecule has 0 saturated heterocycles. The zero-order valence-corrected chi connectivity index (χ0v) is 10.3.